The maximum atomic E-state index is 13.7. The number of aryl methyl sites for hydroxylation is 1. The van der Waals surface area contributed by atoms with Crippen LogP contribution in [0.4, 0.5) is 4.39 Å². The summed E-state index contributed by atoms with van der Waals surface area (Å²) in [5.41, 5.74) is 2.48. The van der Waals surface area contributed by atoms with Gasteiger partial charge in [0.15, 0.2) is 0 Å². The minimum atomic E-state index is -0.129. The average molecular weight is 382 g/mol. The van der Waals surface area contributed by atoms with Crippen LogP contribution in [0.2, 0.25) is 0 Å². The van der Waals surface area contributed by atoms with E-state index < -0.39 is 0 Å². The van der Waals surface area contributed by atoms with Gasteiger partial charge in [0.2, 0.25) is 5.91 Å². The van der Waals surface area contributed by atoms with Crippen LogP contribution in [-0.2, 0) is 11.2 Å². The van der Waals surface area contributed by atoms with Crippen molar-refractivity contribution >= 4 is 18.3 Å². The number of fused-ring (bicyclic) bond motifs is 1. The molecule has 0 spiro atoms. The van der Waals surface area contributed by atoms with Crippen LogP contribution in [0.15, 0.2) is 18.2 Å². The molecule has 0 radical (unpaired) electrons. The summed E-state index contributed by atoms with van der Waals surface area (Å²) < 4.78 is 13.7. The summed E-state index contributed by atoms with van der Waals surface area (Å²) in [5.74, 6) is 0.523. The molecule has 4 nitrogen and oxygen atoms in total. The predicted molar refractivity (Wildman–Crippen MR) is 103 cm³/mol. The highest BCUT2D eigenvalue weighted by atomic mass is 35.5. The fourth-order valence-corrected chi connectivity index (χ4v) is 4.75. The molecule has 2 N–H and O–H groups in total. The quantitative estimate of drug-likeness (QED) is 0.842. The number of carbonyl (C=O) groups excluding carboxylic acids is 1. The second-order valence-corrected chi connectivity index (χ2v) is 7.79. The molecule has 2 fully saturated rings. The van der Waals surface area contributed by atoms with Crippen LogP contribution in [0.5, 0.6) is 0 Å². The van der Waals surface area contributed by atoms with Crippen LogP contribution in [-0.4, -0.2) is 43.0 Å². The van der Waals surface area contributed by atoms with E-state index >= 15 is 0 Å². The number of nitrogens with zero attached hydrogens (tertiary/aromatic N) is 1. The van der Waals surface area contributed by atoms with E-state index in [0.717, 1.165) is 64.7 Å². The van der Waals surface area contributed by atoms with Crippen LogP contribution in [0.1, 0.15) is 49.3 Å². The van der Waals surface area contributed by atoms with Gasteiger partial charge in [0, 0.05) is 19.1 Å². The number of hydrogen-bond donors (Lipinski definition) is 2. The number of benzene rings is 1. The first kappa shape index (κ1) is 19.6. The molecule has 26 heavy (non-hydrogen) atoms. The Balaban J connectivity index is 0.00000196. The largest absolute Gasteiger partial charge is 0.354 e. The van der Waals surface area contributed by atoms with Crippen molar-refractivity contribution in [3.05, 3.63) is 35.1 Å². The van der Waals surface area contributed by atoms with E-state index in [9.17, 15) is 9.18 Å². The van der Waals surface area contributed by atoms with Crippen molar-refractivity contribution < 1.29 is 9.18 Å². The maximum absolute atomic E-state index is 13.7. The number of hydrogen-bond acceptors (Lipinski definition) is 3. The number of halogens is 2. The van der Waals surface area contributed by atoms with Gasteiger partial charge >= 0.3 is 0 Å². The third-order valence-corrected chi connectivity index (χ3v) is 6.09. The van der Waals surface area contributed by atoms with Gasteiger partial charge in [-0.15, -0.1) is 12.4 Å². The van der Waals surface area contributed by atoms with Gasteiger partial charge in [0.1, 0.15) is 5.82 Å². The van der Waals surface area contributed by atoms with Crippen molar-refractivity contribution in [1.82, 2.24) is 15.5 Å². The summed E-state index contributed by atoms with van der Waals surface area (Å²) in [7, 11) is 0. The first-order valence-electron chi connectivity index (χ1n) is 9.74. The van der Waals surface area contributed by atoms with Crippen LogP contribution < -0.4 is 10.6 Å². The van der Waals surface area contributed by atoms with Crippen LogP contribution in [0.3, 0.4) is 0 Å². The van der Waals surface area contributed by atoms with Gasteiger partial charge in [-0.2, -0.15) is 0 Å². The fourth-order valence-electron chi connectivity index (χ4n) is 4.75. The molecule has 2 saturated heterocycles. The van der Waals surface area contributed by atoms with Gasteiger partial charge in [-0.25, -0.2) is 4.39 Å². The Morgan fingerprint density at radius 2 is 2.15 bits per heavy atom. The van der Waals surface area contributed by atoms with E-state index in [1.165, 1.54) is 11.1 Å². The summed E-state index contributed by atoms with van der Waals surface area (Å²) in [4.78, 5) is 14.7. The van der Waals surface area contributed by atoms with Crippen molar-refractivity contribution in [2.75, 3.05) is 26.2 Å². The Morgan fingerprint density at radius 3 is 2.96 bits per heavy atom. The number of piperidine rings is 1. The lowest BCUT2D eigenvalue weighted by Gasteiger charge is -2.37. The van der Waals surface area contributed by atoms with Gasteiger partial charge in [0.25, 0.3) is 0 Å². The Morgan fingerprint density at radius 1 is 1.27 bits per heavy atom. The highest BCUT2D eigenvalue weighted by Gasteiger charge is 2.32. The van der Waals surface area contributed by atoms with E-state index in [-0.39, 0.29) is 30.2 Å². The number of likely N-dealkylation sites (tertiary alicyclic amines) is 1. The molecule has 2 heterocycles. The second kappa shape index (κ2) is 8.68. The van der Waals surface area contributed by atoms with Crippen molar-refractivity contribution in [3.63, 3.8) is 0 Å². The van der Waals surface area contributed by atoms with Gasteiger partial charge in [-0.05, 0) is 80.8 Å². The molecule has 3 aliphatic rings. The molecule has 144 valence electrons. The highest BCUT2D eigenvalue weighted by molar-refractivity contribution is 5.85. The molecule has 4 rings (SSSR count). The molecule has 3 atom stereocenters. The Labute approximate surface area is 161 Å². The molecule has 3 unspecified atom stereocenters. The van der Waals surface area contributed by atoms with E-state index in [1.54, 1.807) is 12.1 Å². The summed E-state index contributed by atoms with van der Waals surface area (Å²) in [6, 6.07) is 5.60. The van der Waals surface area contributed by atoms with Gasteiger partial charge in [-0.1, -0.05) is 6.07 Å². The fraction of sp³-hybridized carbons (Fsp3) is 0.650. The number of nitrogens with one attached hydrogen (secondary N) is 2. The van der Waals surface area contributed by atoms with E-state index in [4.69, 9.17) is 0 Å². The Hall–Kier alpha value is -1.17. The van der Waals surface area contributed by atoms with Crippen molar-refractivity contribution in [2.45, 2.75) is 50.6 Å². The maximum Gasteiger partial charge on any atom is 0.237 e. The van der Waals surface area contributed by atoms with E-state index in [1.807, 2.05) is 6.07 Å². The average Bonchev–Trinajstić information content (AvgIpc) is 3.29. The van der Waals surface area contributed by atoms with Crippen molar-refractivity contribution in [2.24, 2.45) is 5.92 Å². The first-order valence-corrected chi connectivity index (χ1v) is 9.74. The van der Waals surface area contributed by atoms with E-state index in [0.29, 0.717) is 12.0 Å². The van der Waals surface area contributed by atoms with Crippen molar-refractivity contribution in [1.29, 1.82) is 0 Å². The summed E-state index contributed by atoms with van der Waals surface area (Å²) in [6.45, 7) is 3.79. The lowest BCUT2D eigenvalue weighted by Crippen LogP contribution is -2.46. The van der Waals surface area contributed by atoms with Crippen molar-refractivity contribution in [3.8, 4) is 0 Å². The minimum absolute atomic E-state index is 0. The number of rotatable bonds is 4. The zero-order valence-electron chi connectivity index (χ0n) is 15.2. The summed E-state index contributed by atoms with van der Waals surface area (Å²) in [5, 5.41) is 6.40. The topological polar surface area (TPSA) is 44.4 Å². The molecule has 1 aromatic carbocycles. The smallest absolute Gasteiger partial charge is 0.237 e. The molecule has 1 amide bonds. The third-order valence-electron chi connectivity index (χ3n) is 6.09. The first-order chi connectivity index (χ1) is 12.2. The molecular formula is C20H29ClFN3O. The third kappa shape index (κ3) is 4.21. The Bertz CT molecular complexity index is 635. The van der Waals surface area contributed by atoms with Crippen LogP contribution in [0.25, 0.3) is 0 Å². The van der Waals surface area contributed by atoms with Crippen LogP contribution in [0, 0.1) is 11.7 Å². The molecule has 0 saturated carbocycles. The van der Waals surface area contributed by atoms with E-state index in [2.05, 4.69) is 15.5 Å². The zero-order valence-corrected chi connectivity index (χ0v) is 16.0. The predicted octanol–water partition coefficient (Wildman–Crippen LogP) is 2.82. The monoisotopic (exact) mass is 381 g/mol. The molecule has 0 bridgehead atoms. The molecule has 1 aromatic rings. The summed E-state index contributed by atoms with van der Waals surface area (Å²) >= 11 is 0. The molecular weight excluding hydrogens is 353 g/mol. The highest BCUT2D eigenvalue weighted by Crippen LogP contribution is 2.38. The second-order valence-electron chi connectivity index (χ2n) is 7.79. The Kier molecular flexibility index (Phi) is 6.54. The molecule has 1 aliphatic carbocycles. The lowest BCUT2D eigenvalue weighted by atomic mass is 9.95. The molecule has 0 aromatic heterocycles. The van der Waals surface area contributed by atoms with Crippen LogP contribution >= 0.6 is 12.4 Å². The van der Waals surface area contributed by atoms with Gasteiger partial charge in [-0.3, -0.25) is 9.69 Å². The summed E-state index contributed by atoms with van der Waals surface area (Å²) in [6.07, 6.45) is 6.50. The standard InChI is InChI=1S/C20H28FN3O.ClH/c21-16-7-5-15-6-8-19(17(15)11-16)24-10-2-3-14(13-24)12-23-20(25)18-4-1-9-22-18;/h5,7,11,14,18-19,22H,1-4,6,8-10,12-13H2,(H,23,25);1H. The lowest BCUT2D eigenvalue weighted by molar-refractivity contribution is -0.123. The number of amides is 1. The molecule has 2 aliphatic heterocycles. The molecule has 6 heteroatoms. The van der Waals surface area contributed by atoms with Gasteiger partial charge in [0.05, 0.1) is 6.04 Å². The number of carbonyl (C=O) groups is 1. The minimum Gasteiger partial charge on any atom is -0.354 e. The zero-order chi connectivity index (χ0) is 17.2. The SMILES string of the molecule is Cl.O=C(NCC1CCCN(C2CCc3ccc(F)cc32)C1)C1CCCN1. The normalized spacial score (nSPS) is 28.4. The van der Waals surface area contributed by atoms with Gasteiger partial charge < -0.3 is 10.6 Å².